The van der Waals surface area contributed by atoms with Gasteiger partial charge in [0.2, 0.25) is 5.91 Å². The van der Waals surface area contributed by atoms with E-state index < -0.39 is 5.91 Å². The van der Waals surface area contributed by atoms with Gasteiger partial charge in [-0.25, -0.2) is 4.39 Å². The van der Waals surface area contributed by atoms with Crippen molar-refractivity contribution in [2.24, 2.45) is 5.73 Å². The summed E-state index contributed by atoms with van der Waals surface area (Å²) in [6.45, 7) is 0.568. The Balaban J connectivity index is 1.62. The van der Waals surface area contributed by atoms with Crippen LogP contribution in [0.5, 0.6) is 5.75 Å². The third kappa shape index (κ3) is 2.97. The molecule has 0 radical (unpaired) electrons. The number of carbonyl (C=O) groups excluding carboxylic acids is 1. The molecule has 4 nitrogen and oxygen atoms in total. The van der Waals surface area contributed by atoms with E-state index in [0.29, 0.717) is 18.5 Å². The fourth-order valence-electron chi connectivity index (χ4n) is 2.42. The van der Waals surface area contributed by atoms with E-state index >= 15 is 0 Å². The predicted octanol–water partition coefficient (Wildman–Crippen LogP) is 2.34. The molecule has 1 aliphatic rings. The zero-order valence-corrected chi connectivity index (χ0v) is 11.3. The van der Waals surface area contributed by atoms with Gasteiger partial charge in [0.15, 0.2) is 0 Å². The van der Waals surface area contributed by atoms with Gasteiger partial charge in [-0.1, -0.05) is 6.07 Å². The minimum absolute atomic E-state index is 0.0564. The molecule has 0 saturated carbocycles. The van der Waals surface area contributed by atoms with E-state index in [1.54, 1.807) is 24.3 Å². The van der Waals surface area contributed by atoms with Crippen molar-refractivity contribution in [3.8, 4) is 5.75 Å². The monoisotopic (exact) mass is 286 g/mol. The smallest absolute Gasteiger partial charge is 0.248 e. The molecule has 1 aliphatic heterocycles. The molecule has 0 saturated heterocycles. The number of nitrogens with two attached hydrogens (primary N) is 1. The lowest BCUT2D eigenvalue weighted by Crippen LogP contribution is -2.24. The van der Waals surface area contributed by atoms with Gasteiger partial charge in [0.05, 0.1) is 6.54 Å². The summed E-state index contributed by atoms with van der Waals surface area (Å²) >= 11 is 0. The minimum Gasteiger partial charge on any atom is -0.488 e. The van der Waals surface area contributed by atoms with Crippen molar-refractivity contribution in [3.05, 3.63) is 59.4 Å². The molecule has 0 fully saturated rings. The van der Waals surface area contributed by atoms with E-state index in [0.717, 1.165) is 17.0 Å². The fraction of sp³-hybridized carbons (Fsp3) is 0.188. The average molecular weight is 286 g/mol. The molecule has 21 heavy (non-hydrogen) atoms. The maximum atomic E-state index is 13.1. The number of primary amides is 1. The molecule has 0 spiro atoms. The van der Waals surface area contributed by atoms with Crippen molar-refractivity contribution in [2.45, 2.75) is 12.5 Å². The average Bonchev–Trinajstić information content (AvgIpc) is 2.87. The normalized spacial score (nSPS) is 16.1. The highest BCUT2D eigenvalue weighted by Crippen LogP contribution is 2.29. The quantitative estimate of drug-likeness (QED) is 0.906. The lowest BCUT2D eigenvalue weighted by molar-refractivity contribution is 0.100. The number of benzene rings is 2. The van der Waals surface area contributed by atoms with E-state index in [4.69, 9.17) is 10.5 Å². The summed E-state index contributed by atoms with van der Waals surface area (Å²) < 4.78 is 18.9. The van der Waals surface area contributed by atoms with E-state index in [2.05, 4.69) is 5.32 Å². The van der Waals surface area contributed by atoms with Gasteiger partial charge >= 0.3 is 0 Å². The number of carbonyl (C=O) groups is 1. The van der Waals surface area contributed by atoms with Gasteiger partial charge < -0.3 is 15.8 Å². The molecule has 2 aromatic carbocycles. The number of ether oxygens (including phenoxy) is 1. The van der Waals surface area contributed by atoms with Crippen LogP contribution in [0.4, 0.5) is 10.1 Å². The van der Waals surface area contributed by atoms with Crippen LogP contribution in [0.25, 0.3) is 0 Å². The van der Waals surface area contributed by atoms with Crippen molar-refractivity contribution in [1.82, 2.24) is 0 Å². The Bertz CT molecular complexity index is 688. The summed E-state index contributed by atoms with van der Waals surface area (Å²) in [5.41, 5.74) is 7.39. The van der Waals surface area contributed by atoms with Gasteiger partial charge in [-0.15, -0.1) is 0 Å². The van der Waals surface area contributed by atoms with Crippen molar-refractivity contribution in [2.75, 3.05) is 11.9 Å². The van der Waals surface area contributed by atoms with Gasteiger partial charge in [-0.05, 0) is 36.4 Å². The van der Waals surface area contributed by atoms with Gasteiger partial charge in [0.25, 0.3) is 0 Å². The second-order valence-electron chi connectivity index (χ2n) is 5.02. The van der Waals surface area contributed by atoms with E-state index in [9.17, 15) is 9.18 Å². The molecule has 0 bridgehead atoms. The number of nitrogens with one attached hydrogen (secondary N) is 1. The largest absolute Gasteiger partial charge is 0.488 e. The maximum absolute atomic E-state index is 13.1. The number of amides is 1. The number of hydrogen-bond donors (Lipinski definition) is 2. The summed E-state index contributed by atoms with van der Waals surface area (Å²) in [5.74, 6) is 0.0212. The van der Waals surface area contributed by atoms with Gasteiger partial charge in [-0.3, -0.25) is 4.79 Å². The zero-order valence-electron chi connectivity index (χ0n) is 11.3. The number of anilines is 1. The Morgan fingerprint density at radius 3 is 3.00 bits per heavy atom. The summed E-state index contributed by atoms with van der Waals surface area (Å²) in [4.78, 5) is 11.1. The van der Waals surface area contributed by atoms with Crippen LogP contribution in [0.1, 0.15) is 15.9 Å². The standard InChI is InChI=1S/C16H15FN2O2/c17-12-4-5-15-11(6-12)8-14(21-15)9-19-13-3-1-2-10(7-13)16(18)20/h1-7,14,19H,8-9H2,(H2,18,20). The summed E-state index contributed by atoms with van der Waals surface area (Å²) in [6, 6.07) is 11.5. The molecule has 1 unspecified atom stereocenters. The van der Waals surface area contributed by atoms with Crippen LogP contribution in [-0.2, 0) is 6.42 Å². The number of halogens is 1. The van der Waals surface area contributed by atoms with Crippen LogP contribution in [-0.4, -0.2) is 18.6 Å². The third-order valence-corrected chi connectivity index (χ3v) is 3.44. The first kappa shape index (κ1) is 13.4. The molecule has 0 aromatic heterocycles. The van der Waals surface area contributed by atoms with Crippen molar-refractivity contribution < 1.29 is 13.9 Å². The molecule has 3 N–H and O–H groups in total. The molecule has 2 aromatic rings. The molecular weight excluding hydrogens is 271 g/mol. The SMILES string of the molecule is NC(=O)c1cccc(NCC2Cc3cc(F)ccc3O2)c1. The molecule has 3 rings (SSSR count). The third-order valence-electron chi connectivity index (χ3n) is 3.44. The van der Waals surface area contributed by atoms with Crippen molar-refractivity contribution in [1.29, 1.82) is 0 Å². The minimum atomic E-state index is -0.460. The first-order chi connectivity index (χ1) is 10.1. The highest BCUT2D eigenvalue weighted by molar-refractivity contribution is 5.93. The summed E-state index contributed by atoms with van der Waals surface area (Å²) in [7, 11) is 0. The molecular formula is C16H15FN2O2. The highest BCUT2D eigenvalue weighted by Gasteiger charge is 2.22. The Morgan fingerprint density at radius 2 is 2.19 bits per heavy atom. The summed E-state index contributed by atoms with van der Waals surface area (Å²) in [6.07, 6.45) is 0.606. The molecule has 1 amide bonds. The number of fused-ring (bicyclic) bond motifs is 1. The van der Waals surface area contributed by atoms with Gasteiger partial charge in [0, 0.05) is 23.2 Å². The highest BCUT2D eigenvalue weighted by atomic mass is 19.1. The first-order valence-electron chi connectivity index (χ1n) is 6.70. The number of hydrogen-bond acceptors (Lipinski definition) is 3. The Labute approximate surface area is 121 Å². The molecule has 1 heterocycles. The van der Waals surface area contributed by atoms with Crippen LogP contribution < -0.4 is 15.8 Å². The van der Waals surface area contributed by atoms with E-state index in [1.165, 1.54) is 12.1 Å². The summed E-state index contributed by atoms with van der Waals surface area (Å²) in [5, 5.41) is 3.20. The van der Waals surface area contributed by atoms with Gasteiger partial charge in [-0.2, -0.15) is 0 Å². The number of rotatable bonds is 4. The van der Waals surface area contributed by atoms with Crippen LogP contribution in [0.3, 0.4) is 0 Å². The lowest BCUT2D eigenvalue weighted by atomic mass is 10.1. The fourth-order valence-corrected chi connectivity index (χ4v) is 2.42. The van der Waals surface area contributed by atoms with Gasteiger partial charge in [0.1, 0.15) is 17.7 Å². The lowest BCUT2D eigenvalue weighted by Gasteiger charge is -2.13. The molecule has 1 atom stereocenters. The second-order valence-corrected chi connectivity index (χ2v) is 5.02. The second kappa shape index (κ2) is 5.44. The van der Waals surface area contributed by atoms with Crippen LogP contribution in [0.15, 0.2) is 42.5 Å². The van der Waals surface area contributed by atoms with E-state index in [1.807, 2.05) is 6.07 Å². The van der Waals surface area contributed by atoms with Crippen LogP contribution in [0, 0.1) is 5.82 Å². The Morgan fingerprint density at radius 1 is 1.33 bits per heavy atom. The molecule has 5 heteroatoms. The molecule has 0 aliphatic carbocycles. The predicted molar refractivity (Wildman–Crippen MR) is 78.0 cm³/mol. The van der Waals surface area contributed by atoms with Crippen molar-refractivity contribution >= 4 is 11.6 Å². The van der Waals surface area contributed by atoms with E-state index in [-0.39, 0.29) is 11.9 Å². The van der Waals surface area contributed by atoms with Crippen LogP contribution >= 0.6 is 0 Å². The van der Waals surface area contributed by atoms with Crippen LogP contribution in [0.2, 0.25) is 0 Å². The first-order valence-corrected chi connectivity index (χ1v) is 6.70. The zero-order chi connectivity index (χ0) is 14.8. The van der Waals surface area contributed by atoms with Crippen molar-refractivity contribution in [3.63, 3.8) is 0 Å². The maximum Gasteiger partial charge on any atom is 0.248 e. The topological polar surface area (TPSA) is 64.4 Å². The molecule has 108 valence electrons. The Kier molecular flexibility index (Phi) is 3.48. The Hall–Kier alpha value is -2.56.